The zero-order valence-corrected chi connectivity index (χ0v) is 18.7. The van der Waals surface area contributed by atoms with E-state index in [-0.39, 0.29) is 35.4 Å². The number of nitrogens with zero attached hydrogens (tertiary/aromatic N) is 2. The molecule has 10 heteroatoms. The minimum absolute atomic E-state index is 0.0531. The third-order valence-corrected chi connectivity index (χ3v) is 5.80. The van der Waals surface area contributed by atoms with Gasteiger partial charge in [-0.05, 0) is 36.4 Å². The molecule has 4 rings (SSSR count). The molecule has 0 unspecified atom stereocenters. The topological polar surface area (TPSA) is 65.8 Å². The van der Waals surface area contributed by atoms with E-state index in [0.717, 1.165) is 12.1 Å². The molecule has 1 N–H and O–H groups in total. The van der Waals surface area contributed by atoms with E-state index in [1.807, 2.05) is 4.90 Å². The summed E-state index contributed by atoms with van der Waals surface area (Å²) in [4.78, 5) is 28.7. The number of hydrogen-bond acceptors (Lipinski definition) is 4. The largest absolute Gasteiger partial charge is 0.451 e. The summed E-state index contributed by atoms with van der Waals surface area (Å²) in [6.07, 6.45) is -4.47. The number of carbonyl (C=O) groups excluding carboxylic acids is 2. The lowest BCUT2D eigenvalue weighted by Crippen LogP contribution is -2.50. The van der Waals surface area contributed by atoms with Gasteiger partial charge in [-0.15, -0.1) is 0 Å². The third kappa shape index (κ3) is 5.60. The zero-order valence-electron chi connectivity index (χ0n) is 17.9. The fourth-order valence-corrected chi connectivity index (χ4v) is 3.86. The van der Waals surface area contributed by atoms with Crippen LogP contribution < -0.4 is 5.32 Å². The maximum atomic E-state index is 13.0. The van der Waals surface area contributed by atoms with Crippen LogP contribution in [-0.2, 0) is 11.0 Å². The molecule has 34 heavy (non-hydrogen) atoms. The van der Waals surface area contributed by atoms with E-state index in [2.05, 4.69) is 5.32 Å². The predicted octanol–water partition coefficient (Wildman–Crippen LogP) is 5.02. The molecule has 0 radical (unpaired) electrons. The number of piperazine rings is 1. The van der Waals surface area contributed by atoms with Gasteiger partial charge in [-0.3, -0.25) is 14.5 Å². The van der Waals surface area contributed by atoms with Crippen LogP contribution in [-0.4, -0.2) is 54.3 Å². The number of nitrogens with one attached hydrogen (secondary N) is 1. The Labute approximate surface area is 198 Å². The summed E-state index contributed by atoms with van der Waals surface area (Å²) in [6.45, 7) is 1.91. The highest BCUT2D eigenvalue weighted by molar-refractivity contribution is 6.33. The third-order valence-electron chi connectivity index (χ3n) is 5.47. The molecular weight excluding hydrogens is 471 g/mol. The summed E-state index contributed by atoms with van der Waals surface area (Å²) in [6, 6.07) is 14.7. The summed E-state index contributed by atoms with van der Waals surface area (Å²) >= 11 is 6.06. The van der Waals surface area contributed by atoms with Gasteiger partial charge in [0.15, 0.2) is 5.76 Å². The molecule has 1 aliphatic heterocycles. The Bertz CT molecular complexity index is 1190. The van der Waals surface area contributed by atoms with Crippen molar-refractivity contribution in [1.82, 2.24) is 9.80 Å². The van der Waals surface area contributed by atoms with Crippen molar-refractivity contribution < 1.29 is 27.2 Å². The predicted molar refractivity (Wildman–Crippen MR) is 122 cm³/mol. The van der Waals surface area contributed by atoms with Crippen molar-refractivity contribution in [2.45, 2.75) is 6.18 Å². The van der Waals surface area contributed by atoms with Crippen LogP contribution in [0.25, 0.3) is 11.3 Å². The van der Waals surface area contributed by atoms with Gasteiger partial charge in [-0.2, -0.15) is 13.2 Å². The van der Waals surface area contributed by atoms with Crippen molar-refractivity contribution in [3.63, 3.8) is 0 Å². The molecule has 1 fully saturated rings. The number of carbonyl (C=O) groups is 2. The highest BCUT2D eigenvalue weighted by Gasteiger charge is 2.31. The van der Waals surface area contributed by atoms with E-state index in [0.29, 0.717) is 36.9 Å². The van der Waals surface area contributed by atoms with Crippen molar-refractivity contribution in [3.05, 3.63) is 77.0 Å². The van der Waals surface area contributed by atoms with Crippen molar-refractivity contribution in [3.8, 4) is 11.3 Å². The number of alkyl halides is 3. The minimum atomic E-state index is -4.47. The number of anilines is 1. The monoisotopic (exact) mass is 491 g/mol. The Hall–Kier alpha value is -3.30. The average molecular weight is 492 g/mol. The van der Waals surface area contributed by atoms with Gasteiger partial charge < -0.3 is 14.6 Å². The first-order valence-corrected chi connectivity index (χ1v) is 10.9. The molecule has 2 aromatic carbocycles. The smallest absolute Gasteiger partial charge is 0.416 e. The van der Waals surface area contributed by atoms with Crippen molar-refractivity contribution in [1.29, 1.82) is 0 Å². The molecule has 1 saturated heterocycles. The van der Waals surface area contributed by atoms with E-state index in [1.165, 1.54) is 24.3 Å². The van der Waals surface area contributed by atoms with Gasteiger partial charge >= 0.3 is 6.18 Å². The van der Waals surface area contributed by atoms with Gasteiger partial charge in [-0.1, -0.05) is 35.9 Å². The molecule has 3 aromatic rings. The highest BCUT2D eigenvalue weighted by Crippen LogP contribution is 2.32. The van der Waals surface area contributed by atoms with Gasteiger partial charge in [0.25, 0.3) is 5.91 Å². The Morgan fingerprint density at radius 1 is 0.971 bits per heavy atom. The van der Waals surface area contributed by atoms with Crippen LogP contribution in [0, 0.1) is 0 Å². The second kappa shape index (κ2) is 9.90. The van der Waals surface area contributed by atoms with Crippen molar-refractivity contribution in [2.24, 2.45) is 0 Å². The molecule has 2 amide bonds. The molecule has 0 spiro atoms. The quantitative estimate of drug-likeness (QED) is 0.544. The van der Waals surface area contributed by atoms with Crippen LogP contribution in [0.5, 0.6) is 0 Å². The summed E-state index contributed by atoms with van der Waals surface area (Å²) in [5.41, 5.74) is -0.00966. The molecule has 1 aromatic heterocycles. The van der Waals surface area contributed by atoms with Crippen LogP contribution in [0.4, 0.5) is 18.9 Å². The van der Waals surface area contributed by atoms with Crippen LogP contribution in [0.1, 0.15) is 16.1 Å². The van der Waals surface area contributed by atoms with Crippen LogP contribution in [0.3, 0.4) is 0 Å². The number of hydrogen-bond donors (Lipinski definition) is 1. The normalized spacial score (nSPS) is 14.8. The maximum absolute atomic E-state index is 13.0. The average Bonchev–Trinajstić information content (AvgIpc) is 3.31. The summed E-state index contributed by atoms with van der Waals surface area (Å²) in [7, 11) is 0. The van der Waals surface area contributed by atoms with Crippen LogP contribution >= 0.6 is 11.6 Å². The Kier molecular flexibility index (Phi) is 6.95. The molecule has 6 nitrogen and oxygen atoms in total. The lowest BCUT2D eigenvalue weighted by Gasteiger charge is -2.33. The Morgan fingerprint density at radius 3 is 2.41 bits per heavy atom. The first-order chi connectivity index (χ1) is 16.2. The molecule has 2 heterocycles. The molecule has 1 aliphatic rings. The molecule has 0 bridgehead atoms. The molecule has 0 aliphatic carbocycles. The number of halogens is 4. The van der Waals surface area contributed by atoms with Gasteiger partial charge in [0.05, 0.1) is 22.8 Å². The zero-order chi connectivity index (χ0) is 24.3. The van der Waals surface area contributed by atoms with Crippen LogP contribution in [0.2, 0.25) is 5.02 Å². The second-order valence-corrected chi connectivity index (χ2v) is 8.25. The van der Waals surface area contributed by atoms with Gasteiger partial charge in [0.2, 0.25) is 5.91 Å². The molecule has 0 saturated carbocycles. The van der Waals surface area contributed by atoms with E-state index >= 15 is 0 Å². The van der Waals surface area contributed by atoms with E-state index in [9.17, 15) is 22.8 Å². The van der Waals surface area contributed by atoms with Crippen molar-refractivity contribution in [2.75, 3.05) is 38.0 Å². The Balaban J connectivity index is 1.32. The SMILES string of the molecule is O=C(CN1CCN(C(=O)c2ccc(-c3cccc(C(F)(F)F)c3)o2)CC1)Nc1ccccc1Cl. The second-order valence-electron chi connectivity index (χ2n) is 7.84. The number of amides is 2. The van der Waals surface area contributed by atoms with E-state index in [1.54, 1.807) is 29.2 Å². The van der Waals surface area contributed by atoms with E-state index < -0.39 is 11.7 Å². The summed E-state index contributed by atoms with van der Waals surface area (Å²) in [5.74, 6) is -0.315. The fourth-order valence-electron chi connectivity index (χ4n) is 3.68. The number of furan rings is 1. The first kappa shape index (κ1) is 23.8. The number of benzene rings is 2. The molecule has 178 valence electrons. The fraction of sp³-hybridized carbons (Fsp3) is 0.250. The summed E-state index contributed by atoms with van der Waals surface area (Å²) < 4.78 is 44.5. The molecule has 0 atom stereocenters. The van der Waals surface area contributed by atoms with Gasteiger partial charge in [0.1, 0.15) is 5.76 Å². The van der Waals surface area contributed by atoms with Gasteiger partial charge in [0, 0.05) is 31.7 Å². The van der Waals surface area contributed by atoms with Crippen molar-refractivity contribution >= 4 is 29.1 Å². The minimum Gasteiger partial charge on any atom is -0.451 e. The summed E-state index contributed by atoms with van der Waals surface area (Å²) in [5, 5.41) is 3.22. The lowest BCUT2D eigenvalue weighted by atomic mass is 10.1. The Morgan fingerprint density at radius 2 is 1.71 bits per heavy atom. The molecular formula is C24H21ClF3N3O3. The van der Waals surface area contributed by atoms with Crippen LogP contribution in [0.15, 0.2) is 65.1 Å². The maximum Gasteiger partial charge on any atom is 0.416 e. The van der Waals surface area contributed by atoms with E-state index in [4.69, 9.17) is 16.0 Å². The lowest BCUT2D eigenvalue weighted by molar-refractivity contribution is -0.137. The first-order valence-electron chi connectivity index (χ1n) is 10.5. The van der Waals surface area contributed by atoms with Gasteiger partial charge in [-0.25, -0.2) is 0 Å². The highest BCUT2D eigenvalue weighted by atomic mass is 35.5. The standard InChI is InChI=1S/C24H21ClF3N3O3/c25-18-6-1-2-7-19(18)29-22(32)15-30-10-12-31(13-11-30)23(33)21-9-8-20(34-21)16-4-3-5-17(14-16)24(26,27)28/h1-9,14H,10-13,15H2,(H,29,32). The number of para-hydroxylation sites is 1. The number of rotatable bonds is 5.